The van der Waals surface area contributed by atoms with E-state index in [9.17, 15) is 4.79 Å². The van der Waals surface area contributed by atoms with Crippen LogP contribution in [0.1, 0.15) is 11.3 Å². The summed E-state index contributed by atoms with van der Waals surface area (Å²) in [6.45, 7) is 1.25. The fraction of sp³-hybridized carbons (Fsp3) is 0.130. The van der Waals surface area contributed by atoms with Gasteiger partial charge in [0.05, 0.1) is 17.7 Å². The molecule has 1 aromatic heterocycles. The molecule has 4 rings (SSSR count). The second-order valence-corrected chi connectivity index (χ2v) is 8.10. The summed E-state index contributed by atoms with van der Waals surface area (Å²) in [7, 11) is 0. The molecule has 1 amide bonds. The van der Waals surface area contributed by atoms with Gasteiger partial charge in [0, 0.05) is 0 Å². The molecule has 1 saturated heterocycles. The summed E-state index contributed by atoms with van der Waals surface area (Å²) in [6.07, 6.45) is 3.42. The second-order valence-electron chi connectivity index (χ2n) is 6.43. The van der Waals surface area contributed by atoms with Crippen LogP contribution >= 0.6 is 24.0 Å². The van der Waals surface area contributed by atoms with Crippen LogP contribution < -0.4 is 9.47 Å². The highest BCUT2D eigenvalue weighted by Crippen LogP contribution is 2.33. The van der Waals surface area contributed by atoms with Gasteiger partial charge in [-0.05, 0) is 48.0 Å². The normalized spacial score (nSPS) is 15.1. The lowest BCUT2D eigenvalue weighted by molar-refractivity contribution is -0.122. The lowest BCUT2D eigenvalue weighted by Gasteiger charge is -2.12. The number of ether oxygens (including phenoxy) is 2. The van der Waals surface area contributed by atoms with E-state index in [0.717, 1.165) is 17.1 Å². The van der Waals surface area contributed by atoms with E-state index in [-0.39, 0.29) is 5.91 Å². The van der Waals surface area contributed by atoms with E-state index in [4.69, 9.17) is 26.1 Å². The van der Waals surface area contributed by atoms with E-state index in [2.05, 4.69) is 0 Å². The Labute approximate surface area is 184 Å². The van der Waals surface area contributed by atoms with Crippen molar-refractivity contribution in [2.75, 3.05) is 13.2 Å². The largest absolute Gasteiger partial charge is 0.490 e. The number of para-hydroxylation sites is 1. The first-order valence-electron chi connectivity index (χ1n) is 9.37. The zero-order valence-electron chi connectivity index (χ0n) is 16.0. The lowest BCUT2D eigenvalue weighted by atomic mass is 10.2. The van der Waals surface area contributed by atoms with Gasteiger partial charge in [-0.25, -0.2) is 0 Å². The predicted octanol–water partition coefficient (Wildman–Crippen LogP) is 5.14. The highest BCUT2D eigenvalue weighted by molar-refractivity contribution is 8.26. The molecule has 3 aromatic rings. The zero-order chi connectivity index (χ0) is 20.8. The summed E-state index contributed by atoms with van der Waals surface area (Å²) < 4.78 is 17.2. The van der Waals surface area contributed by atoms with Crippen LogP contribution in [0.15, 0.2) is 82.3 Å². The van der Waals surface area contributed by atoms with Crippen LogP contribution in [0.25, 0.3) is 6.08 Å². The molecule has 7 heteroatoms. The summed E-state index contributed by atoms with van der Waals surface area (Å²) in [6, 6.07) is 20.8. The van der Waals surface area contributed by atoms with Crippen LogP contribution in [-0.4, -0.2) is 28.3 Å². The quantitative estimate of drug-likeness (QED) is 0.276. The van der Waals surface area contributed by atoms with Gasteiger partial charge in [0.25, 0.3) is 5.91 Å². The number of amides is 1. The van der Waals surface area contributed by atoms with Gasteiger partial charge < -0.3 is 13.9 Å². The molecule has 0 N–H and O–H groups in total. The maximum atomic E-state index is 12.7. The number of thiocarbonyl (C=S) groups is 1. The van der Waals surface area contributed by atoms with E-state index in [0.29, 0.717) is 34.7 Å². The highest BCUT2D eigenvalue weighted by atomic mass is 32.2. The molecule has 5 nitrogen and oxygen atoms in total. The molecule has 0 atom stereocenters. The summed E-state index contributed by atoms with van der Waals surface area (Å²) in [5.41, 5.74) is 0.904. The van der Waals surface area contributed by atoms with Gasteiger partial charge >= 0.3 is 0 Å². The van der Waals surface area contributed by atoms with Gasteiger partial charge in [0.2, 0.25) is 0 Å². The molecular weight excluding hydrogens is 418 g/mol. The Morgan fingerprint density at radius 1 is 0.933 bits per heavy atom. The number of hydrogen-bond donors (Lipinski definition) is 0. The van der Waals surface area contributed by atoms with Crippen molar-refractivity contribution in [3.05, 3.63) is 89.2 Å². The number of thioether (sulfide) groups is 1. The van der Waals surface area contributed by atoms with Crippen LogP contribution in [0.3, 0.4) is 0 Å². The molecule has 1 aliphatic rings. The minimum atomic E-state index is -0.111. The third-order valence-corrected chi connectivity index (χ3v) is 5.69. The second kappa shape index (κ2) is 9.65. The molecule has 30 heavy (non-hydrogen) atoms. The topological polar surface area (TPSA) is 51.9 Å². The Morgan fingerprint density at radius 3 is 2.30 bits per heavy atom. The van der Waals surface area contributed by atoms with Gasteiger partial charge in [-0.2, -0.15) is 0 Å². The Kier molecular flexibility index (Phi) is 6.51. The first-order chi connectivity index (χ1) is 14.7. The average molecular weight is 438 g/mol. The summed E-state index contributed by atoms with van der Waals surface area (Å²) >= 11 is 6.65. The van der Waals surface area contributed by atoms with Crippen molar-refractivity contribution in [2.45, 2.75) is 6.54 Å². The number of furan rings is 1. The van der Waals surface area contributed by atoms with Crippen LogP contribution in [0.2, 0.25) is 0 Å². The van der Waals surface area contributed by atoms with Crippen molar-refractivity contribution in [3.8, 4) is 11.5 Å². The molecule has 0 aliphatic carbocycles. The van der Waals surface area contributed by atoms with Gasteiger partial charge in [0.1, 0.15) is 34.8 Å². The molecule has 0 bridgehead atoms. The summed E-state index contributed by atoms with van der Waals surface area (Å²) in [5, 5.41) is 0. The van der Waals surface area contributed by atoms with Crippen LogP contribution in [0.4, 0.5) is 0 Å². The Hall–Kier alpha value is -3.03. The third-order valence-electron chi connectivity index (χ3n) is 4.31. The number of benzene rings is 2. The monoisotopic (exact) mass is 437 g/mol. The van der Waals surface area contributed by atoms with Gasteiger partial charge in [-0.3, -0.25) is 9.69 Å². The van der Waals surface area contributed by atoms with Crippen molar-refractivity contribution >= 4 is 40.3 Å². The van der Waals surface area contributed by atoms with Crippen LogP contribution in [0, 0.1) is 0 Å². The standard InChI is InChI=1S/C23H19NO4S2/c25-22-21(30-23(29)24(22)16-20-7-4-12-26-20)15-17-8-10-19(11-9-17)28-14-13-27-18-5-2-1-3-6-18/h1-12,15H,13-14,16H2. The highest BCUT2D eigenvalue weighted by Gasteiger charge is 2.32. The van der Waals surface area contributed by atoms with Crippen LogP contribution in [0.5, 0.6) is 11.5 Å². The zero-order valence-corrected chi connectivity index (χ0v) is 17.7. The van der Waals surface area contributed by atoms with Gasteiger partial charge in [-0.15, -0.1) is 0 Å². The maximum Gasteiger partial charge on any atom is 0.266 e. The molecule has 0 saturated carbocycles. The fourth-order valence-corrected chi connectivity index (χ4v) is 4.10. The Morgan fingerprint density at radius 2 is 1.63 bits per heavy atom. The van der Waals surface area contributed by atoms with E-state index >= 15 is 0 Å². The molecule has 0 spiro atoms. The SMILES string of the molecule is O=C1C(=Cc2ccc(OCCOc3ccccc3)cc2)SC(=S)N1Cc1ccco1. The minimum absolute atomic E-state index is 0.111. The summed E-state index contributed by atoms with van der Waals surface area (Å²) in [4.78, 5) is 14.8. The smallest absolute Gasteiger partial charge is 0.266 e. The van der Waals surface area contributed by atoms with Crippen molar-refractivity contribution in [3.63, 3.8) is 0 Å². The minimum Gasteiger partial charge on any atom is -0.490 e. The fourth-order valence-electron chi connectivity index (χ4n) is 2.84. The van der Waals surface area contributed by atoms with Crippen molar-refractivity contribution in [2.24, 2.45) is 0 Å². The van der Waals surface area contributed by atoms with E-state index in [1.807, 2.05) is 66.7 Å². The molecular formula is C23H19NO4S2. The van der Waals surface area contributed by atoms with Gasteiger partial charge in [-0.1, -0.05) is 54.3 Å². The van der Waals surface area contributed by atoms with Crippen molar-refractivity contribution in [1.82, 2.24) is 4.90 Å². The average Bonchev–Trinajstić information content (AvgIpc) is 3.37. The van der Waals surface area contributed by atoms with Crippen LogP contribution in [-0.2, 0) is 11.3 Å². The lowest BCUT2D eigenvalue weighted by Crippen LogP contribution is -2.27. The third kappa shape index (κ3) is 5.11. The van der Waals surface area contributed by atoms with Crippen molar-refractivity contribution in [1.29, 1.82) is 0 Å². The molecule has 0 radical (unpaired) electrons. The number of rotatable bonds is 8. The van der Waals surface area contributed by atoms with Crippen molar-refractivity contribution < 1.29 is 18.7 Å². The number of carbonyl (C=O) groups is 1. The summed E-state index contributed by atoms with van der Waals surface area (Å²) in [5.74, 6) is 2.15. The van der Waals surface area contributed by atoms with E-state index < -0.39 is 0 Å². The molecule has 1 fully saturated rings. The Balaban J connectivity index is 1.31. The molecule has 1 aliphatic heterocycles. The molecule has 2 heterocycles. The number of carbonyl (C=O) groups excluding carboxylic acids is 1. The van der Waals surface area contributed by atoms with E-state index in [1.165, 1.54) is 11.8 Å². The first-order valence-corrected chi connectivity index (χ1v) is 10.6. The van der Waals surface area contributed by atoms with E-state index in [1.54, 1.807) is 17.2 Å². The Bertz CT molecular complexity index is 1030. The molecule has 0 unspecified atom stereocenters. The molecule has 152 valence electrons. The number of nitrogens with zero attached hydrogens (tertiary/aromatic N) is 1. The maximum absolute atomic E-state index is 12.7. The predicted molar refractivity (Wildman–Crippen MR) is 121 cm³/mol. The first kappa shape index (κ1) is 20.3. The molecule has 2 aromatic carbocycles. The number of hydrogen-bond acceptors (Lipinski definition) is 6. The van der Waals surface area contributed by atoms with Gasteiger partial charge in [0.15, 0.2) is 0 Å².